The second-order valence-electron chi connectivity index (χ2n) is 5.80. The van der Waals surface area contributed by atoms with Crippen LogP contribution in [0, 0.1) is 5.41 Å². The Hall–Kier alpha value is -1.47. The zero-order valence-electron chi connectivity index (χ0n) is 11.5. The Labute approximate surface area is 115 Å². The Morgan fingerprint density at radius 1 is 1.25 bits per heavy atom. The van der Waals surface area contributed by atoms with E-state index in [0.29, 0.717) is 30.8 Å². The third-order valence-corrected chi connectivity index (χ3v) is 3.35. The molecule has 1 N–H and O–H groups in total. The summed E-state index contributed by atoms with van der Waals surface area (Å²) in [6, 6.07) is -0.861. The van der Waals surface area contributed by atoms with Crippen molar-refractivity contribution in [2.45, 2.75) is 32.9 Å². The van der Waals surface area contributed by atoms with Gasteiger partial charge in [-0.3, -0.25) is 4.79 Å². The number of likely N-dealkylation sites (tertiary alicyclic amines) is 1. The van der Waals surface area contributed by atoms with Crippen LogP contribution in [-0.4, -0.2) is 59.3 Å². The lowest BCUT2D eigenvalue weighted by atomic mass is 9.83. The van der Waals surface area contributed by atoms with E-state index in [4.69, 9.17) is 5.11 Å². The van der Waals surface area contributed by atoms with E-state index in [1.807, 2.05) is 13.8 Å². The molecule has 0 aromatic rings. The number of carboxylic acids is 1. The maximum atomic E-state index is 12.4. The van der Waals surface area contributed by atoms with E-state index in [2.05, 4.69) is 0 Å². The van der Waals surface area contributed by atoms with E-state index in [0.717, 1.165) is 0 Å². The van der Waals surface area contributed by atoms with Crippen molar-refractivity contribution in [3.8, 4) is 0 Å². The number of hydrogen-bond acceptors (Lipinski definition) is 2. The second kappa shape index (κ2) is 5.88. The molecule has 0 spiro atoms. The molecule has 1 aliphatic heterocycles. The number of carbonyl (C=O) groups is 2. The molecule has 0 unspecified atom stereocenters. The molecule has 0 saturated carbocycles. The van der Waals surface area contributed by atoms with Crippen LogP contribution in [0.3, 0.4) is 0 Å². The first-order chi connectivity index (χ1) is 9.00. The van der Waals surface area contributed by atoms with Crippen LogP contribution in [0.2, 0.25) is 0 Å². The minimum absolute atomic E-state index is 0.0540. The fourth-order valence-corrected chi connectivity index (χ4v) is 2.07. The minimum atomic E-state index is -4.61. The quantitative estimate of drug-likeness (QED) is 0.868. The Morgan fingerprint density at radius 2 is 1.75 bits per heavy atom. The van der Waals surface area contributed by atoms with Gasteiger partial charge >= 0.3 is 18.2 Å². The lowest BCUT2D eigenvalue weighted by Gasteiger charge is -2.39. The van der Waals surface area contributed by atoms with Crippen LogP contribution >= 0.6 is 0 Å². The zero-order chi connectivity index (χ0) is 15.6. The van der Waals surface area contributed by atoms with Crippen molar-refractivity contribution in [1.29, 1.82) is 0 Å². The van der Waals surface area contributed by atoms with Gasteiger partial charge in [0.1, 0.15) is 13.1 Å². The molecule has 1 saturated heterocycles. The molecule has 1 heterocycles. The smallest absolute Gasteiger partial charge is 0.406 e. The minimum Gasteiger partial charge on any atom is -0.480 e. The lowest BCUT2D eigenvalue weighted by molar-refractivity contribution is -0.150. The van der Waals surface area contributed by atoms with Crippen molar-refractivity contribution < 1.29 is 27.9 Å². The fourth-order valence-electron chi connectivity index (χ4n) is 2.07. The van der Waals surface area contributed by atoms with Gasteiger partial charge in [-0.05, 0) is 18.3 Å². The first-order valence-electron chi connectivity index (χ1n) is 6.33. The Morgan fingerprint density at radius 3 is 2.15 bits per heavy atom. The topological polar surface area (TPSA) is 60.9 Å². The van der Waals surface area contributed by atoms with Crippen LogP contribution in [0.15, 0.2) is 0 Å². The van der Waals surface area contributed by atoms with Crippen molar-refractivity contribution in [3.63, 3.8) is 0 Å². The van der Waals surface area contributed by atoms with Crippen molar-refractivity contribution in [3.05, 3.63) is 0 Å². The molecule has 0 aliphatic carbocycles. The third-order valence-electron chi connectivity index (χ3n) is 3.35. The summed E-state index contributed by atoms with van der Waals surface area (Å²) in [4.78, 5) is 24.2. The van der Waals surface area contributed by atoms with Crippen LogP contribution in [0.4, 0.5) is 18.0 Å². The fraction of sp³-hybridized carbons (Fsp3) is 0.833. The molecule has 0 atom stereocenters. The number of carboxylic acid groups (broad SMARTS) is 1. The summed E-state index contributed by atoms with van der Waals surface area (Å²) in [5, 5.41) is 8.63. The van der Waals surface area contributed by atoms with E-state index in [1.54, 1.807) is 0 Å². The molecular formula is C12H19F3N2O3. The van der Waals surface area contributed by atoms with Crippen molar-refractivity contribution >= 4 is 12.0 Å². The standard InChI is InChI=1S/C12H19F3N2O3/c1-11(2)3-5-16(6-4-11)10(20)17(7-9(18)19)8-12(13,14)15/h3-8H2,1-2H3,(H,18,19). The number of amides is 2. The van der Waals surface area contributed by atoms with Gasteiger partial charge < -0.3 is 14.9 Å². The Bertz CT molecular complexity index is 373. The zero-order valence-corrected chi connectivity index (χ0v) is 11.5. The highest BCUT2D eigenvalue weighted by molar-refractivity contribution is 5.80. The molecule has 5 nitrogen and oxygen atoms in total. The van der Waals surface area contributed by atoms with Crippen LogP contribution in [0.25, 0.3) is 0 Å². The van der Waals surface area contributed by atoms with Crippen molar-refractivity contribution in [2.75, 3.05) is 26.2 Å². The summed E-state index contributed by atoms with van der Waals surface area (Å²) >= 11 is 0. The molecule has 0 aromatic heterocycles. The predicted molar refractivity (Wildman–Crippen MR) is 65.2 cm³/mol. The summed E-state index contributed by atoms with van der Waals surface area (Å²) in [6.07, 6.45) is -3.24. The summed E-state index contributed by atoms with van der Waals surface area (Å²) < 4.78 is 37.2. The van der Waals surface area contributed by atoms with Gasteiger partial charge in [-0.2, -0.15) is 13.2 Å². The Kier molecular flexibility index (Phi) is 4.88. The first-order valence-corrected chi connectivity index (χ1v) is 6.33. The van der Waals surface area contributed by atoms with Gasteiger partial charge in [0.25, 0.3) is 0 Å². The number of piperidine rings is 1. The molecule has 0 aromatic carbocycles. The summed E-state index contributed by atoms with van der Waals surface area (Å²) in [6.45, 7) is 2.26. The van der Waals surface area contributed by atoms with Gasteiger partial charge in [-0.15, -0.1) is 0 Å². The van der Waals surface area contributed by atoms with E-state index in [9.17, 15) is 22.8 Å². The van der Waals surface area contributed by atoms with E-state index < -0.39 is 31.3 Å². The number of rotatable bonds is 3. The summed E-state index contributed by atoms with van der Waals surface area (Å²) in [7, 11) is 0. The molecule has 20 heavy (non-hydrogen) atoms. The number of aliphatic carboxylic acids is 1. The van der Waals surface area contributed by atoms with E-state index >= 15 is 0 Å². The molecule has 8 heteroatoms. The molecule has 1 rings (SSSR count). The van der Waals surface area contributed by atoms with Crippen LogP contribution in [-0.2, 0) is 4.79 Å². The Balaban J connectivity index is 2.70. The van der Waals surface area contributed by atoms with Crippen LogP contribution in [0.5, 0.6) is 0 Å². The highest BCUT2D eigenvalue weighted by atomic mass is 19.4. The normalized spacial score (nSPS) is 18.8. The van der Waals surface area contributed by atoms with Gasteiger partial charge in [-0.1, -0.05) is 13.8 Å². The van der Waals surface area contributed by atoms with Gasteiger partial charge in [0.05, 0.1) is 0 Å². The molecule has 1 aliphatic rings. The average molecular weight is 296 g/mol. The average Bonchev–Trinajstić information content (AvgIpc) is 2.24. The summed E-state index contributed by atoms with van der Waals surface area (Å²) in [5.41, 5.74) is 0.0540. The molecular weight excluding hydrogens is 277 g/mol. The lowest BCUT2D eigenvalue weighted by Crippen LogP contribution is -2.51. The van der Waals surface area contributed by atoms with Gasteiger partial charge in [0.15, 0.2) is 0 Å². The molecule has 0 radical (unpaired) electrons. The molecule has 2 amide bonds. The SMILES string of the molecule is CC1(C)CCN(C(=O)N(CC(=O)O)CC(F)(F)F)CC1. The first kappa shape index (κ1) is 16.6. The molecule has 1 fully saturated rings. The number of halogens is 3. The van der Waals surface area contributed by atoms with Gasteiger partial charge in [0.2, 0.25) is 0 Å². The number of hydrogen-bond donors (Lipinski definition) is 1. The second-order valence-corrected chi connectivity index (χ2v) is 5.80. The maximum absolute atomic E-state index is 12.4. The van der Waals surface area contributed by atoms with Gasteiger partial charge in [-0.25, -0.2) is 4.79 Å². The van der Waals surface area contributed by atoms with E-state index in [-0.39, 0.29) is 5.41 Å². The van der Waals surface area contributed by atoms with E-state index in [1.165, 1.54) is 4.90 Å². The molecule has 116 valence electrons. The monoisotopic (exact) mass is 296 g/mol. The van der Waals surface area contributed by atoms with Crippen molar-refractivity contribution in [2.24, 2.45) is 5.41 Å². The van der Waals surface area contributed by atoms with Crippen molar-refractivity contribution in [1.82, 2.24) is 9.80 Å². The highest BCUT2D eigenvalue weighted by Crippen LogP contribution is 2.30. The number of nitrogens with zero attached hydrogens (tertiary/aromatic N) is 2. The number of carbonyl (C=O) groups excluding carboxylic acids is 1. The number of urea groups is 1. The van der Waals surface area contributed by atoms with Crippen LogP contribution < -0.4 is 0 Å². The number of alkyl halides is 3. The van der Waals surface area contributed by atoms with Crippen LogP contribution in [0.1, 0.15) is 26.7 Å². The largest absolute Gasteiger partial charge is 0.480 e. The maximum Gasteiger partial charge on any atom is 0.406 e. The van der Waals surface area contributed by atoms with Gasteiger partial charge in [0, 0.05) is 13.1 Å². The molecule has 0 bridgehead atoms. The predicted octanol–water partition coefficient (Wildman–Crippen LogP) is 2.18. The third kappa shape index (κ3) is 5.26. The highest BCUT2D eigenvalue weighted by Gasteiger charge is 2.37. The summed E-state index contributed by atoms with van der Waals surface area (Å²) in [5.74, 6) is -1.46.